The third-order valence-electron chi connectivity index (χ3n) is 4.51. The van der Waals surface area contributed by atoms with Crippen LogP contribution in [0, 0.1) is 3.57 Å². The van der Waals surface area contributed by atoms with Crippen molar-refractivity contribution in [2.75, 3.05) is 6.61 Å². The van der Waals surface area contributed by atoms with Crippen molar-refractivity contribution >= 4 is 44.3 Å². The van der Waals surface area contributed by atoms with Crippen LogP contribution < -0.4 is 5.63 Å². The van der Waals surface area contributed by atoms with Gasteiger partial charge in [0.2, 0.25) is 0 Å². The maximum atomic E-state index is 12.4. The van der Waals surface area contributed by atoms with Gasteiger partial charge < -0.3 is 9.15 Å². The fraction of sp³-hybridized carbons (Fsp3) is 0.444. The Morgan fingerprint density at radius 3 is 2.83 bits per heavy atom. The van der Waals surface area contributed by atoms with Crippen molar-refractivity contribution in [3.8, 4) is 0 Å². The van der Waals surface area contributed by atoms with Gasteiger partial charge in [0, 0.05) is 29.5 Å². The minimum absolute atomic E-state index is 0.00373. The SMILES string of the molecule is CC(C)c1oc(=O)c2cc3nn(C4CCCCO4)cc3cc2c1I. The summed E-state index contributed by atoms with van der Waals surface area (Å²) in [5.74, 6) is 0.915. The standard InChI is InChI=1S/C18H19IN2O3/c1-10(2)17-16(19)12-7-11-9-21(15-5-3-4-6-23-15)20-14(11)8-13(12)18(22)24-17/h7-10,15H,3-6H2,1-2H3. The molecule has 6 heteroatoms. The van der Waals surface area contributed by atoms with Gasteiger partial charge in [-0.1, -0.05) is 13.8 Å². The molecule has 1 unspecified atom stereocenters. The van der Waals surface area contributed by atoms with Crippen LogP contribution in [0.1, 0.15) is 51.0 Å². The highest BCUT2D eigenvalue weighted by Gasteiger charge is 2.19. The van der Waals surface area contributed by atoms with Crippen LogP contribution in [0.5, 0.6) is 0 Å². The van der Waals surface area contributed by atoms with E-state index in [2.05, 4.69) is 27.7 Å². The number of ether oxygens (including phenoxy) is 1. The molecule has 5 nitrogen and oxygen atoms in total. The molecule has 0 spiro atoms. The molecule has 1 aliphatic heterocycles. The molecule has 3 heterocycles. The first kappa shape index (κ1) is 16.1. The summed E-state index contributed by atoms with van der Waals surface area (Å²) < 4.78 is 14.2. The summed E-state index contributed by atoms with van der Waals surface area (Å²) in [6, 6.07) is 3.88. The third-order valence-corrected chi connectivity index (χ3v) is 5.62. The van der Waals surface area contributed by atoms with Crippen molar-refractivity contribution in [2.45, 2.75) is 45.3 Å². The zero-order chi connectivity index (χ0) is 16.8. The van der Waals surface area contributed by atoms with Crippen molar-refractivity contribution in [1.29, 1.82) is 0 Å². The van der Waals surface area contributed by atoms with Gasteiger partial charge in [0.1, 0.15) is 12.0 Å². The lowest BCUT2D eigenvalue weighted by Gasteiger charge is -2.22. The highest BCUT2D eigenvalue weighted by atomic mass is 127. The molecule has 1 saturated heterocycles. The molecular weight excluding hydrogens is 419 g/mol. The molecule has 0 bridgehead atoms. The number of benzene rings is 1. The van der Waals surface area contributed by atoms with Crippen LogP contribution >= 0.6 is 22.6 Å². The summed E-state index contributed by atoms with van der Waals surface area (Å²) in [7, 11) is 0. The van der Waals surface area contributed by atoms with Gasteiger partial charge in [0.15, 0.2) is 0 Å². The van der Waals surface area contributed by atoms with Crippen molar-refractivity contribution in [3.63, 3.8) is 0 Å². The van der Waals surface area contributed by atoms with Crippen LogP contribution in [0.3, 0.4) is 0 Å². The van der Waals surface area contributed by atoms with E-state index in [9.17, 15) is 4.79 Å². The lowest BCUT2D eigenvalue weighted by atomic mass is 10.1. The van der Waals surface area contributed by atoms with Crippen molar-refractivity contribution in [2.24, 2.45) is 0 Å². The van der Waals surface area contributed by atoms with Gasteiger partial charge in [-0.2, -0.15) is 5.10 Å². The zero-order valence-electron chi connectivity index (χ0n) is 13.7. The third kappa shape index (κ3) is 2.65. The molecular formula is C18H19IN2O3. The maximum Gasteiger partial charge on any atom is 0.343 e. The monoisotopic (exact) mass is 438 g/mol. The molecule has 0 aliphatic carbocycles. The summed E-state index contributed by atoms with van der Waals surface area (Å²) in [5, 5.41) is 7.17. The molecule has 1 aromatic carbocycles. The Hall–Kier alpha value is -1.41. The number of hydrogen-bond donors (Lipinski definition) is 0. The van der Waals surface area contributed by atoms with E-state index < -0.39 is 0 Å². The predicted molar refractivity (Wildman–Crippen MR) is 101 cm³/mol. The number of rotatable bonds is 2. The lowest BCUT2D eigenvalue weighted by Crippen LogP contribution is -2.18. The second kappa shape index (κ2) is 6.15. The van der Waals surface area contributed by atoms with E-state index in [0.717, 1.165) is 51.5 Å². The Morgan fingerprint density at radius 1 is 1.29 bits per heavy atom. The van der Waals surface area contributed by atoms with Gasteiger partial charge in [-0.15, -0.1) is 0 Å². The molecule has 2 aromatic heterocycles. The van der Waals surface area contributed by atoms with Crippen molar-refractivity contribution in [3.05, 3.63) is 38.1 Å². The first-order valence-corrected chi connectivity index (χ1v) is 9.39. The number of halogens is 1. The number of aromatic nitrogens is 2. The Kier molecular flexibility index (Phi) is 4.12. The first-order chi connectivity index (χ1) is 11.5. The van der Waals surface area contributed by atoms with Crippen LogP contribution in [0.2, 0.25) is 0 Å². The van der Waals surface area contributed by atoms with Crippen molar-refractivity contribution < 1.29 is 9.15 Å². The molecule has 0 amide bonds. The van der Waals surface area contributed by atoms with Gasteiger partial charge in [-0.05, 0) is 54.0 Å². The smallest absolute Gasteiger partial charge is 0.343 e. The molecule has 1 fully saturated rings. The second-order valence-electron chi connectivity index (χ2n) is 6.61. The van der Waals surface area contributed by atoms with E-state index in [1.165, 1.54) is 0 Å². The summed E-state index contributed by atoms with van der Waals surface area (Å²) >= 11 is 2.27. The molecule has 1 atom stereocenters. The largest absolute Gasteiger partial charge is 0.426 e. The van der Waals surface area contributed by atoms with E-state index >= 15 is 0 Å². The van der Waals surface area contributed by atoms with Crippen LogP contribution in [0.25, 0.3) is 21.7 Å². The first-order valence-electron chi connectivity index (χ1n) is 8.31. The number of hydrogen-bond acceptors (Lipinski definition) is 4. The normalized spacial score (nSPS) is 18.8. The van der Waals surface area contributed by atoms with Crippen LogP contribution in [-0.4, -0.2) is 16.4 Å². The maximum absolute atomic E-state index is 12.4. The Balaban J connectivity index is 1.91. The molecule has 0 N–H and O–H groups in total. The van der Waals surface area contributed by atoms with Gasteiger partial charge in [0.05, 0.1) is 14.5 Å². The fourth-order valence-electron chi connectivity index (χ4n) is 3.22. The summed E-state index contributed by atoms with van der Waals surface area (Å²) in [4.78, 5) is 12.4. The number of nitrogens with zero attached hydrogens (tertiary/aromatic N) is 2. The lowest BCUT2D eigenvalue weighted by molar-refractivity contribution is -0.0390. The van der Waals surface area contributed by atoms with Crippen LogP contribution in [0.15, 0.2) is 27.5 Å². The van der Waals surface area contributed by atoms with Gasteiger partial charge in [0.25, 0.3) is 0 Å². The predicted octanol–water partition coefficient (Wildman–Crippen LogP) is 4.57. The van der Waals surface area contributed by atoms with Crippen molar-refractivity contribution in [1.82, 2.24) is 9.78 Å². The quantitative estimate of drug-likeness (QED) is 0.551. The van der Waals surface area contributed by atoms with E-state index in [1.54, 1.807) is 0 Å². The minimum atomic E-state index is -0.292. The Labute approximate surface area is 153 Å². The van der Waals surface area contributed by atoms with Gasteiger partial charge >= 0.3 is 5.63 Å². The molecule has 24 heavy (non-hydrogen) atoms. The number of fused-ring (bicyclic) bond motifs is 2. The molecule has 126 valence electrons. The molecule has 3 aromatic rings. The van der Waals surface area contributed by atoms with Crippen LogP contribution in [0.4, 0.5) is 0 Å². The van der Waals surface area contributed by atoms with E-state index in [1.807, 2.05) is 36.9 Å². The molecule has 0 radical (unpaired) electrons. The molecule has 1 aliphatic rings. The molecule has 4 rings (SSSR count). The van der Waals surface area contributed by atoms with E-state index in [-0.39, 0.29) is 17.8 Å². The molecule has 0 saturated carbocycles. The highest BCUT2D eigenvalue weighted by Crippen LogP contribution is 2.30. The summed E-state index contributed by atoms with van der Waals surface area (Å²) in [6.45, 7) is 4.84. The van der Waals surface area contributed by atoms with E-state index in [0.29, 0.717) is 5.39 Å². The van der Waals surface area contributed by atoms with Gasteiger partial charge in [-0.25, -0.2) is 9.48 Å². The Bertz CT molecular complexity index is 968. The zero-order valence-corrected chi connectivity index (χ0v) is 15.9. The van der Waals surface area contributed by atoms with Crippen LogP contribution in [-0.2, 0) is 4.74 Å². The van der Waals surface area contributed by atoms with Gasteiger partial charge in [-0.3, -0.25) is 0 Å². The average Bonchev–Trinajstić information content (AvgIpc) is 3.00. The highest BCUT2D eigenvalue weighted by molar-refractivity contribution is 14.1. The second-order valence-corrected chi connectivity index (χ2v) is 7.69. The van der Waals surface area contributed by atoms with E-state index in [4.69, 9.17) is 9.15 Å². The topological polar surface area (TPSA) is 57.3 Å². The summed E-state index contributed by atoms with van der Waals surface area (Å²) in [6.07, 6.45) is 5.26. The summed E-state index contributed by atoms with van der Waals surface area (Å²) in [5.41, 5.74) is 0.511. The minimum Gasteiger partial charge on any atom is -0.426 e. The average molecular weight is 438 g/mol. The fourth-order valence-corrected chi connectivity index (χ4v) is 4.40. The Morgan fingerprint density at radius 2 is 2.12 bits per heavy atom.